The zero-order chi connectivity index (χ0) is 19.2. The fourth-order valence-electron chi connectivity index (χ4n) is 2.24. The Kier molecular flexibility index (Phi) is 6.31. The third-order valence-electron chi connectivity index (χ3n) is 3.73. The van der Waals surface area contributed by atoms with Crippen molar-refractivity contribution in [3.63, 3.8) is 0 Å². The van der Waals surface area contributed by atoms with Gasteiger partial charge in [0, 0.05) is 31.2 Å². The molecule has 6 nitrogen and oxygen atoms in total. The van der Waals surface area contributed by atoms with Crippen LogP contribution in [0.3, 0.4) is 0 Å². The first-order chi connectivity index (χ1) is 13.0. The van der Waals surface area contributed by atoms with Crippen LogP contribution >= 0.6 is 23.1 Å². The minimum absolute atomic E-state index is 0.0645. The molecule has 8 heteroatoms. The zero-order valence-electron chi connectivity index (χ0n) is 15.3. The van der Waals surface area contributed by atoms with Crippen LogP contribution in [-0.2, 0) is 4.79 Å². The monoisotopic (exact) mass is 399 g/mol. The third-order valence-corrected chi connectivity index (χ3v) is 5.75. The van der Waals surface area contributed by atoms with E-state index in [1.807, 2.05) is 80.5 Å². The molecule has 3 aromatic rings. The van der Waals surface area contributed by atoms with Crippen LogP contribution in [0.1, 0.15) is 6.92 Å². The van der Waals surface area contributed by atoms with E-state index in [9.17, 15) is 4.79 Å². The molecular weight excluding hydrogens is 378 g/mol. The molecule has 0 saturated heterocycles. The van der Waals surface area contributed by atoms with Crippen molar-refractivity contribution in [1.29, 1.82) is 0 Å². The highest BCUT2D eigenvalue weighted by Gasteiger charge is 2.17. The number of amides is 1. The molecule has 0 fully saturated rings. The van der Waals surface area contributed by atoms with Crippen LogP contribution in [-0.4, -0.2) is 35.4 Å². The molecule has 1 amide bonds. The van der Waals surface area contributed by atoms with Crippen LogP contribution in [0.2, 0.25) is 0 Å². The standard InChI is InChI=1S/C19H21N5OS2/c1-13(17(25)20-15-9-11-16(12-10-15)24(2)3)26-19-23-22-18(27-19)21-14-7-5-4-6-8-14/h4-13H,1-3H3,(H,20,25)(H,21,22). The summed E-state index contributed by atoms with van der Waals surface area (Å²) >= 11 is 2.82. The fraction of sp³-hybridized carbons (Fsp3) is 0.211. The number of aromatic nitrogens is 2. The summed E-state index contributed by atoms with van der Waals surface area (Å²) in [6.07, 6.45) is 0. The van der Waals surface area contributed by atoms with Gasteiger partial charge in [-0.15, -0.1) is 10.2 Å². The van der Waals surface area contributed by atoms with Crippen molar-refractivity contribution in [3.8, 4) is 0 Å². The van der Waals surface area contributed by atoms with Gasteiger partial charge in [-0.2, -0.15) is 0 Å². The van der Waals surface area contributed by atoms with E-state index in [4.69, 9.17) is 0 Å². The van der Waals surface area contributed by atoms with Crippen molar-refractivity contribution in [2.45, 2.75) is 16.5 Å². The predicted molar refractivity (Wildman–Crippen MR) is 114 cm³/mol. The molecular formula is C19H21N5OS2. The van der Waals surface area contributed by atoms with Gasteiger partial charge in [0.15, 0.2) is 4.34 Å². The van der Waals surface area contributed by atoms with Crippen molar-refractivity contribution in [3.05, 3.63) is 54.6 Å². The van der Waals surface area contributed by atoms with Gasteiger partial charge in [-0.3, -0.25) is 4.79 Å². The Morgan fingerprint density at radius 2 is 1.74 bits per heavy atom. The summed E-state index contributed by atoms with van der Waals surface area (Å²) in [6.45, 7) is 1.86. The number of anilines is 4. The quantitative estimate of drug-likeness (QED) is 0.572. The first kappa shape index (κ1) is 19.2. The fourth-order valence-corrected chi connectivity index (χ4v) is 4.16. The van der Waals surface area contributed by atoms with E-state index in [0.717, 1.165) is 21.4 Å². The number of rotatable bonds is 7. The smallest absolute Gasteiger partial charge is 0.237 e. The Balaban J connectivity index is 1.55. The third kappa shape index (κ3) is 5.45. The average molecular weight is 400 g/mol. The van der Waals surface area contributed by atoms with E-state index >= 15 is 0 Å². The average Bonchev–Trinajstić information content (AvgIpc) is 3.09. The van der Waals surface area contributed by atoms with Crippen LogP contribution in [0.25, 0.3) is 0 Å². The highest BCUT2D eigenvalue weighted by Crippen LogP contribution is 2.30. The van der Waals surface area contributed by atoms with Crippen molar-refractivity contribution in [2.75, 3.05) is 29.6 Å². The minimum Gasteiger partial charge on any atom is -0.378 e. The number of nitrogens with zero attached hydrogens (tertiary/aromatic N) is 3. The molecule has 0 aliphatic rings. The van der Waals surface area contributed by atoms with E-state index in [1.54, 1.807) is 0 Å². The number of benzene rings is 2. The number of nitrogens with one attached hydrogen (secondary N) is 2. The summed E-state index contributed by atoms with van der Waals surface area (Å²) in [5, 5.41) is 14.9. The molecule has 1 atom stereocenters. The zero-order valence-corrected chi connectivity index (χ0v) is 17.0. The van der Waals surface area contributed by atoms with Gasteiger partial charge in [0.2, 0.25) is 11.0 Å². The summed E-state index contributed by atoms with van der Waals surface area (Å²) in [6, 6.07) is 17.5. The van der Waals surface area contributed by atoms with Crippen molar-refractivity contribution in [2.24, 2.45) is 0 Å². The van der Waals surface area contributed by atoms with Gasteiger partial charge >= 0.3 is 0 Å². The molecule has 1 unspecified atom stereocenters. The van der Waals surface area contributed by atoms with Gasteiger partial charge in [0.25, 0.3) is 0 Å². The summed E-state index contributed by atoms with van der Waals surface area (Å²) < 4.78 is 0.749. The number of carbonyl (C=O) groups is 1. The van der Waals surface area contributed by atoms with E-state index in [-0.39, 0.29) is 11.2 Å². The van der Waals surface area contributed by atoms with Crippen LogP contribution in [0.15, 0.2) is 58.9 Å². The van der Waals surface area contributed by atoms with Crippen molar-refractivity contribution >= 4 is 51.2 Å². The summed E-state index contributed by atoms with van der Waals surface area (Å²) in [5.74, 6) is -0.0645. The second kappa shape index (κ2) is 8.88. The highest BCUT2D eigenvalue weighted by atomic mass is 32.2. The van der Waals surface area contributed by atoms with Crippen LogP contribution in [0.5, 0.6) is 0 Å². The normalized spacial score (nSPS) is 11.7. The SMILES string of the molecule is CC(Sc1nnc(Nc2ccccc2)s1)C(=O)Nc1ccc(N(C)C)cc1. The van der Waals surface area contributed by atoms with Crippen LogP contribution in [0.4, 0.5) is 22.2 Å². The molecule has 2 N–H and O–H groups in total. The lowest BCUT2D eigenvalue weighted by Gasteiger charge is -2.14. The largest absolute Gasteiger partial charge is 0.378 e. The summed E-state index contributed by atoms with van der Waals surface area (Å²) in [4.78, 5) is 14.4. The molecule has 0 saturated carbocycles. The number of carbonyl (C=O) groups excluding carboxylic acids is 1. The van der Waals surface area contributed by atoms with Crippen LogP contribution < -0.4 is 15.5 Å². The van der Waals surface area contributed by atoms with E-state index in [0.29, 0.717) is 5.13 Å². The van der Waals surface area contributed by atoms with Gasteiger partial charge in [-0.05, 0) is 43.3 Å². The highest BCUT2D eigenvalue weighted by molar-refractivity contribution is 8.02. The Bertz CT molecular complexity index is 881. The Morgan fingerprint density at radius 3 is 2.41 bits per heavy atom. The molecule has 3 rings (SSSR count). The maximum Gasteiger partial charge on any atom is 0.237 e. The molecule has 1 heterocycles. The second-order valence-corrected chi connectivity index (χ2v) is 8.62. The summed E-state index contributed by atoms with van der Waals surface area (Å²) in [5.41, 5.74) is 2.82. The van der Waals surface area contributed by atoms with Gasteiger partial charge in [0.05, 0.1) is 5.25 Å². The molecule has 0 bridgehead atoms. The Hall–Kier alpha value is -2.58. The second-order valence-electron chi connectivity index (χ2n) is 6.05. The molecule has 0 aliphatic heterocycles. The van der Waals surface area contributed by atoms with Gasteiger partial charge < -0.3 is 15.5 Å². The minimum atomic E-state index is -0.281. The number of hydrogen-bond acceptors (Lipinski definition) is 7. The summed E-state index contributed by atoms with van der Waals surface area (Å²) in [7, 11) is 3.96. The molecule has 140 valence electrons. The van der Waals surface area contributed by atoms with E-state index < -0.39 is 0 Å². The molecule has 27 heavy (non-hydrogen) atoms. The molecule has 0 aliphatic carbocycles. The lowest BCUT2D eigenvalue weighted by atomic mass is 10.2. The van der Waals surface area contributed by atoms with Crippen LogP contribution in [0, 0.1) is 0 Å². The van der Waals surface area contributed by atoms with E-state index in [2.05, 4.69) is 20.8 Å². The number of para-hydroxylation sites is 1. The Labute approximate surface area is 167 Å². The number of thioether (sulfide) groups is 1. The van der Waals surface area contributed by atoms with Crippen molar-refractivity contribution < 1.29 is 4.79 Å². The first-order valence-electron chi connectivity index (χ1n) is 8.42. The topological polar surface area (TPSA) is 70.1 Å². The molecule has 0 radical (unpaired) electrons. The molecule has 0 spiro atoms. The first-order valence-corrected chi connectivity index (χ1v) is 10.1. The maximum atomic E-state index is 12.4. The van der Waals surface area contributed by atoms with Crippen molar-refractivity contribution in [1.82, 2.24) is 10.2 Å². The molecule has 1 aromatic heterocycles. The van der Waals surface area contributed by atoms with Gasteiger partial charge in [-0.1, -0.05) is 41.3 Å². The number of hydrogen-bond donors (Lipinski definition) is 2. The van der Waals surface area contributed by atoms with Gasteiger partial charge in [-0.25, -0.2) is 0 Å². The maximum absolute atomic E-state index is 12.4. The van der Waals surface area contributed by atoms with Gasteiger partial charge in [0.1, 0.15) is 0 Å². The lowest BCUT2D eigenvalue weighted by Crippen LogP contribution is -2.22. The van der Waals surface area contributed by atoms with E-state index in [1.165, 1.54) is 23.1 Å². The predicted octanol–water partition coefficient (Wildman–Crippen LogP) is 4.47. The molecule has 2 aromatic carbocycles. The lowest BCUT2D eigenvalue weighted by molar-refractivity contribution is -0.115. The Morgan fingerprint density at radius 1 is 1.04 bits per heavy atom.